The Balaban J connectivity index is 1.52. The fourth-order valence-corrected chi connectivity index (χ4v) is 4.74. The highest BCUT2D eigenvalue weighted by Crippen LogP contribution is 2.31. The van der Waals surface area contributed by atoms with E-state index in [-0.39, 0.29) is 5.91 Å². The third-order valence-corrected chi connectivity index (χ3v) is 6.27. The van der Waals surface area contributed by atoms with Crippen molar-refractivity contribution >= 4 is 28.1 Å². The van der Waals surface area contributed by atoms with E-state index >= 15 is 0 Å². The van der Waals surface area contributed by atoms with Gasteiger partial charge in [-0.1, -0.05) is 13.8 Å². The molecule has 1 aliphatic rings. The van der Waals surface area contributed by atoms with Crippen LogP contribution in [0.5, 0.6) is 5.75 Å². The van der Waals surface area contributed by atoms with Crippen molar-refractivity contribution in [2.24, 2.45) is 0 Å². The molecular formula is C21H25N3O2S. The van der Waals surface area contributed by atoms with Crippen LogP contribution < -0.4 is 4.74 Å². The second-order valence-corrected chi connectivity index (χ2v) is 8.38. The number of nitrogens with zero attached hydrogens (tertiary/aromatic N) is 2. The number of amides is 1. The quantitative estimate of drug-likeness (QED) is 0.705. The van der Waals surface area contributed by atoms with Gasteiger partial charge in [-0.2, -0.15) is 0 Å². The van der Waals surface area contributed by atoms with Gasteiger partial charge < -0.3 is 14.6 Å². The average Bonchev–Trinajstić information content (AvgIpc) is 3.34. The van der Waals surface area contributed by atoms with Gasteiger partial charge in [-0.15, -0.1) is 11.3 Å². The Morgan fingerprint density at radius 2 is 2.22 bits per heavy atom. The minimum absolute atomic E-state index is 0.0653. The van der Waals surface area contributed by atoms with E-state index in [0.29, 0.717) is 17.5 Å². The van der Waals surface area contributed by atoms with Gasteiger partial charge in [0.15, 0.2) is 0 Å². The number of nitrogens with one attached hydrogen (secondary N) is 1. The number of aromatic amines is 1. The van der Waals surface area contributed by atoms with Crippen LogP contribution in [-0.2, 0) is 0 Å². The number of benzene rings is 1. The summed E-state index contributed by atoms with van der Waals surface area (Å²) in [7, 11) is 1.65. The van der Waals surface area contributed by atoms with Crippen LogP contribution in [0.2, 0.25) is 0 Å². The molecule has 2 aromatic heterocycles. The summed E-state index contributed by atoms with van der Waals surface area (Å²) in [6.07, 6.45) is 2.11. The summed E-state index contributed by atoms with van der Waals surface area (Å²) in [6, 6.07) is 7.74. The highest BCUT2D eigenvalue weighted by molar-refractivity contribution is 7.09. The van der Waals surface area contributed by atoms with Crippen LogP contribution in [0.15, 0.2) is 29.6 Å². The molecule has 3 aromatic rings. The SMILES string of the molecule is COc1ccc2cc(C(=O)N3CCC[C@H](c4nc(C(C)C)cs4)C3)[nH]c2c1. The molecule has 0 bridgehead atoms. The fourth-order valence-electron chi connectivity index (χ4n) is 3.64. The number of thiazole rings is 1. The summed E-state index contributed by atoms with van der Waals surface area (Å²) < 4.78 is 5.27. The predicted molar refractivity (Wildman–Crippen MR) is 109 cm³/mol. The van der Waals surface area contributed by atoms with Crippen LogP contribution in [0.25, 0.3) is 10.9 Å². The zero-order valence-corrected chi connectivity index (χ0v) is 16.8. The Kier molecular flexibility index (Phi) is 4.91. The lowest BCUT2D eigenvalue weighted by Gasteiger charge is -2.31. The number of H-pyrrole nitrogens is 1. The van der Waals surface area contributed by atoms with Crippen LogP contribution in [-0.4, -0.2) is 41.0 Å². The first kappa shape index (κ1) is 18.0. The van der Waals surface area contributed by atoms with E-state index < -0.39 is 0 Å². The van der Waals surface area contributed by atoms with Crippen LogP contribution in [0.1, 0.15) is 59.7 Å². The molecule has 3 heterocycles. The molecule has 0 saturated carbocycles. The summed E-state index contributed by atoms with van der Waals surface area (Å²) in [4.78, 5) is 23.1. The van der Waals surface area contributed by atoms with Gasteiger partial charge >= 0.3 is 0 Å². The molecule has 1 aromatic carbocycles. The molecule has 1 saturated heterocycles. The minimum atomic E-state index is 0.0653. The van der Waals surface area contributed by atoms with Gasteiger partial charge in [-0.25, -0.2) is 4.98 Å². The van der Waals surface area contributed by atoms with Crippen LogP contribution in [0.3, 0.4) is 0 Å². The lowest BCUT2D eigenvalue weighted by Crippen LogP contribution is -2.39. The molecule has 0 radical (unpaired) electrons. The van der Waals surface area contributed by atoms with Gasteiger partial charge in [0.1, 0.15) is 11.4 Å². The summed E-state index contributed by atoms with van der Waals surface area (Å²) >= 11 is 1.73. The third kappa shape index (κ3) is 3.58. The predicted octanol–water partition coefficient (Wildman–Crippen LogP) is 4.78. The molecule has 142 valence electrons. The highest BCUT2D eigenvalue weighted by atomic mass is 32.1. The molecule has 1 N–H and O–H groups in total. The maximum atomic E-state index is 13.1. The number of hydrogen-bond donors (Lipinski definition) is 1. The number of hydrogen-bond acceptors (Lipinski definition) is 4. The molecule has 6 heteroatoms. The molecule has 1 fully saturated rings. The maximum absolute atomic E-state index is 13.1. The monoisotopic (exact) mass is 383 g/mol. The largest absolute Gasteiger partial charge is 0.497 e. The second kappa shape index (κ2) is 7.35. The standard InChI is InChI=1S/C21H25N3O2S/c1-13(2)19-12-27-20(23-19)15-5-4-8-24(11-15)21(25)18-9-14-6-7-16(26-3)10-17(14)22-18/h6-7,9-10,12-13,15,22H,4-5,8,11H2,1-3H3/t15-/m0/s1. The Morgan fingerprint density at radius 3 is 2.96 bits per heavy atom. The van der Waals surface area contributed by atoms with Crippen LogP contribution >= 0.6 is 11.3 Å². The summed E-state index contributed by atoms with van der Waals surface area (Å²) in [5.41, 5.74) is 2.72. The summed E-state index contributed by atoms with van der Waals surface area (Å²) in [5, 5.41) is 4.35. The highest BCUT2D eigenvalue weighted by Gasteiger charge is 2.28. The van der Waals surface area contributed by atoms with Gasteiger partial charge in [-0.3, -0.25) is 4.79 Å². The average molecular weight is 384 g/mol. The Labute approximate surface area is 163 Å². The summed E-state index contributed by atoms with van der Waals surface area (Å²) in [5.74, 6) is 1.63. The number of methoxy groups -OCH3 is 1. The van der Waals surface area contributed by atoms with Crippen LogP contribution in [0.4, 0.5) is 0 Å². The number of ether oxygens (including phenoxy) is 1. The van der Waals surface area contributed by atoms with E-state index in [2.05, 4.69) is 24.2 Å². The van der Waals surface area contributed by atoms with Gasteiger partial charge in [0.05, 0.1) is 17.8 Å². The number of piperidine rings is 1. The van der Waals surface area contributed by atoms with E-state index in [9.17, 15) is 4.79 Å². The number of rotatable bonds is 4. The van der Waals surface area contributed by atoms with Crippen molar-refractivity contribution in [1.82, 2.24) is 14.9 Å². The fraction of sp³-hybridized carbons (Fsp3) is 0.429. The van der Waals surface area contributed by atoms with Crippen molar-refractivity contribution in [2.45, 2.75) is 38.5 Å². The van der Waals surface area contributed by atoms with E-state index in [1.54, 1.807) is 18.4 Å². The Bertz CT molecular complexity index is 959. The number of carbonyl (C=O) groups is 1. The van der Waals surface area contributed by atoms with Crippen molar-refractivity contribution in [3.05, 3.63) is 46.0 Å². The van der Waals surface area contributed by atoms with Crippen LogP contribution in [0, 0.1) is 0 Å². The topological polar surface area (TPSA) is 58.2 Å². The molecule has 5 nitrogen and oxygen atoms in total. The molecule has 1 aliphatic heterocycles. The first-order valence-electron chi connectivity index (χ1n) is 9.46. The minimum Gasteiger partial charge on any atom is -0.497 e. The van der Waals surface area contributed by atoms with Gasteiger partial charge in [0, 0.05) is 41.4 Å². The second-order valence-electron chi connectivity index (χ2n) is 7.49. The molecule has 1 amide bonds. The summed E-state index contributed by atoms with van der Waals surface area (Å²) in [6.45, 7) is 5.87. The van der Waals surface area contributed by atoms with Gasteiger partial charge in [0.2, 0.25) is 0 Å². The first-order chi connectivity index (χ1) is 13.0. The Hall–Kier alpha value is -2.34. The van der Waals surface area contributed by atoms with Crippen molar-refractivity contribution < 1.29 is 9.53 Å². The number of aromatic nitrogens is 2. The van der Waals surface area contributed by atoms with E-state index in [0.717, 1.165) is 53.3 Å². The van der Waals surface area contributed by atoms with Crippen molar-refractivity contribution in [1.29, 1.82) is 0 Å². The molecule has 27 heavy (non-hydrogen) atoms. The zero-order valence-electron chi connectivity index (χ0n) is 16.0. The first-order valence-corrected chi connectivity index (χ1v) is 10.3. The smallest absolute Gasteiger partial charge is 0.270 e. The van der Waals surface area contributed by atoms with E-state index in [4.69, 9.17) is 9.72 Å². The van der Waals surface area contributed by atoms with E-state index in [1.165, 1.54) is 0 Å². The van der Waals surface area contributed by atoms with Gasteiger partial charge in [-0.05, 0) is 37.0 Å². The maximum Gasteiger partial charge on any atom is 0.270 e. The van der Waals surface area contributed by atoms with Gasteiger partial charge in [0.25, 0.3) is 5.91 Å². The zero-order chi connectivity index (χ0) is 19.0. The molecule has 0 spiro atoms. The molecular weight excluding hydrogens is 358 g/mol. The number of fused-ring (bicyclic) bond motifs is 1. The lowest BCUT2D eigenvalue weighted by molar-refractivity contribution is 0.0702. The van der Waals surface area contributed by atoms with Crippen molar-refractivity contribution in [3.8, 4) is 5.75 Å². The van der Waals surface area contributed by atoms with Crippen molar-refractivity contribution in [3.63, 3.8) is 0 Å². The molecule has 4 rings (SSSR count). The normalized spacial score (nSPS) is 17.6. The number of likely N-dealkylation sites (tertiary alicyclic amines) is 1. The lowest BCUT2D eigenvalue weighted by atomic mass is 9.98. The Morgan fingerprint density at radius 1 is 1.37 bits per heavy atom. The van der Waals surface area contributed by atoms with Crippen molar-refractivity contribution in [2.75, 3.05) is 20.2 Å². The third-order valence-electron chi connectivity index (χ3n) is 5.25. The number of carbonyl (C=O) groups excluding carboxylic acids is 1. The molecule has 0 unspecified atom stereocenters. The van der Waals surface area contributed by atoms with E-state index in [1.807, 2.05) is 29.2 Å². The molecule has 1 atom stereocenters. The molecule has 0 aliphatic carbocycles.